The first kappa shape index (κ1) is 17.4. The molecule has 5 nitrogen and oxygen atoms in total. The predicted octanol–water partition coefficient (Wildman–Crippen LogP) is 1.71. The quantitative estimate of drug-likeness (QED) is 0.865. The van der Waals surface area contributed by atoms with E-state index in [1.54, 1.807) is 6.20 Å². The SMILES string of the molecule is CCc1ncc(C(=O)NCC(C(C)C)N2CCN(C)CC2)s1. The standard InChI is InChI=1S/C16H28N4OS/c1-5-15-17-11-14(22-15)16(21)18-10-13(12(2)3)20-8-6-19(4)7-9-20/h11-13H,5-10H2,1-4H3,(H,18,21). The Labute approximate surface area is 137 Å². The molecule has 124 valence electrons. The molecule has 0 radical (unpaired) electrons. The third kappa shape index (κ3) is 4.51. The molecule has 0 aromatic carbocycles. The normalized spacial score (nSPS) is 18.6. The molecular formula is C16H28N4OS. The van der Waals surface area contributed by atoms with Crippen molar-refractivity contribution in [3.05, 3.63) is 16.1 Å². The van der Waals surface area contributed by atoms with Crippen LogP contribution in [0.1, 0.15) is 35.5 Å². The first-order valence-electron chi connectivity index (χ1n) is 8.16. The zero-order valence-electron chi connectivity index (χ0n) is 14.1. The Hall–Kier alpha value is -0.980. The van der Waals surface area contributed by atoms with Crippen LogP contribution in [0.5, 0.6) is 0 Å². The lowest BCUT2D eigenvalue weighted by Crippen LogP contribution is -2.54. The number of amides is 1. The molecular weight excluding hydrogens is 296 g/mol. The van der Waals surface area contributed by atoms with Crippen LogP contribution in [-0.2, 0) is 6.42 Å². The molecule has 1 saturated heterocycles. The molecule has 2 rings (SSSR count). The number of nitrogens with one attached hydrogen (secondary N) is 1. The number of nitrogens with zero attached hydrogens (tertiary/aromatic N) is 3. The predicted molar refractivity (Wildman–Crippen MR) is 91.5 cm³/mol. The van der Waals surface area contributed by atoms with Crippen molar-refractivity contribution >= 4 is 17.2 Å². The van der Waals surface area contributed by atoms with Crippen molar-refractivity contribution in [3.8, 4) is 0 Å². The average Bonchev–Trinajstić information content (AvgIpc) is 2.98. The van der Waals surface area contributed by atoms with E-state index in [9.17, 15) is 4.79 Å². The molecule has 0 aliphatic carbocycles. The van der Waals surface area contributed by atoms with Crippen LogP contribution in [0.3, 0.4) is 0 Å². The van der Waals surface area contributed by atoms with Crippen molar-refractivity contribution in [2.75, 3.05) is 39.8 Å². The Balaban J connectivity index is 1.89. The van der Waals surface area contributed by atoms with Crippen LogP contribution < -0.4 is 5.32 Å². The van der Waals surface area contributed by atoms with Gasteiger partial charge in [-0.15, -0.1) is 11.3 Å². The summed E-state index contributed by atoms with van der Waals surface area (Å²) < 4.78 is 0. The Morgan fingerprint density at radius 1 is 1.36 bits per heavy atom. The van der Waals surface area contributed by atoms with Crippen molar-refractivity contribution < 1.29 is 4.79 Å². The zero-order chi connectivity index (χ0) is 16.1. The second-order valence-electron chi connectivity index (χ2n) is 6.33. The maximum atomic E-state index is 12.3. The van der Waals surface area contributed by atoms with Gasteiger partial charge in [-0.3, -0.25) is 9.69 Å². The summed E-state index contributed by atoms with van der Waals surface area (Å²) in [6.45, 7) is 11.6. The van der Waals surface area contributed by atoms with E-state index in [0.29, 0.717) is 18.5 Å². The number of likely N-dealkylation sites (N-methyl/N-ethyl adjacent to an activating group) is 1. The van der Waals surface area contributed by atoms with Gasteiger partial charge in [-0.1, -0.05) is 20.8 Å². The highest BCUT2D eigenvalue weighted by molar-refractivity contribution is 7.13. The van der Waals surface area contributed by atoms with Crippen LogP contribution >= 0.6 is 11.3 Å². The smallest absolute Gasteiger partial charge is 0.263 e. The maximum Gasteiger partial charge on any atom is 0.263 e. The van der Waals surface area contributed by atoms with Crippen LogP contribution in [0.2, 0.25) is 0 Å². The summed E-state index contributed by atoms with van der Waals surface area (Å²) in [7, 11) is 2.17. The molecule has 0 saturated carbocycles. The van der Waals surface area contributed by atoms with Crippen LogP contribution in [0.4, 0.5) is 0 Å². The number of aromatic nitrogens is 1. The van der Waals surface area contributed by atoms with Gasteiger partial charge in [0, 0.05) is 38.8 Å². The van der Waals surface area contributed by atoms with Crippen molar-refractivity contribution in [1.29, 1.82) is 0 Å². The summed E-state index contributed by atoms with van der Waals surface area (Å²) in [6.07, 6.45) is 2.58. The van der Waals surface area contributed by atoms with E-state index in [2.05, 4.69) is 47.9 Å². The van der Waals surface area contributed by atoms with Gasteiger partial charge in [0.2, 0.25) is 0 Å². The van der Waals surface area contributed by atoms with E-state index in [0.717, 1.165) is 42.5 Å². The summed E-state index contributed by atoms with van der Waals surface area (Å²) in [5.74, 6) is 0.536. The minimum absolute atomic E-state index is 0.0111. The Morgan fingerprint density at radius 2 is 2.05 bits per heavy atom. The fraction of sp³-hybridized carbons (Fsp3) is 0.750. The van der Waals surface area contributed by atoms with Gasteiger partial charge >= 0.3 is 0 Å². The molecule has 1 aromatic rings. The average molecular weight is 324 g/mol. The van der Waals surface area contributed by atoms with Gasteiger partial charge in [0.05, 0.1) is 11.2 Å². The lowest BCUT2D eigenvalue weighted by Gasteiger charge is -2.39. The highest BCUT2D eigenvalue weighted by Crippen LogP contribution is 2.15. The molecule has 1 atom stereocenters. The lowest BCUT2D eigenvalue weighted by molar-refractivity contribution is 0.0793. The Bertz CT molecular complexity index is 480. The van der Waals surface area contributed by atoms with Gasteiger partial charge < -0.3 is 10.2 Å². The number of rotatable bonds is 6. The minimum Gasteiger partial charge on any atom is -0.350 e. The molecule has 1 fully saturated rings. The second kappa shape index (κ2) is 8.04. The molecule has 1 unspecified atom stereocenters. The lowest BCUT2D eigenvalue weighted by atomic mass is 10.0. The molecule has 1 aromatic heterocycles. The third-order valence-corrected chi connectivity index (χ3v) is 5.47. The molecule has 1 aliphatic heterocycles. The molecule has 1 aliphatic rings. The zero-order valence-corrected chi connectivity index (χ0v) is 14.9. The first-order chi connectivity index (χ1) is 10.5. The molecule has 0 bridgehead atoms. The Kier molecular flexibility index (Phi) is 6.35. The summed E-state index contributed by atoms with van der Waals surface area (Å²) in [6, 6.07) is 0.399. The van der Waals surface area contributed by atoms with Crippen molar-refractivity contribution in [3.63, 3.8) is 0 Å². The van der Waals surface area contributed by atoms with E-state index in [-0.39, 0.29) is 5.91 Å². The van der Waals surface area contributed by atoms with Crippen LogP contribution in [0.25, 0.3) is 0 Å². The van der Waals surface area contributed by atoms with E-state index >= 15 is 0 Å². The minimum atomic E-state index is 0.0111. The molecule has 1 amide bonds. The molecule has 0 spiro atoms. The topological polar surface area (TPSA) is 48.5 Å². The van der Waals surface area contributed by atoms with E-state index in [1.807, 2.05) is 0 Å². The number of thiazole rings is 1. The molecule has 2 heterocycles. The fourth-order valence-electron chi connectivity index (χ4n) is 2.80. The van der Waals surface area contributed by atoms with Crippen molar-refractivity contribution in [1.82, 2.24) is 20.1 Å². The number of aryl methyl sites for hydroxylation is 1. The van der Waals surface area contributed by atoms with Gasteiger partial charge in [0.25, 0.3) is 5.91 Å². The highest BCUT2D eigenvalue weighted by Gasteiger charge is 2.25. The van der Waals surface area contributed by atoms with Crippen molar-refractivity contribution in [2.45, 2.75) is 33.2 Å². The van der Waals surface area contributed by atoms with E-state index in [1.165, 1.54) is 11.3 Å². The number of carbonyl (C=O) groups is 1. The van der Waals surface area contributed by atoms with Crippen LogP contribution in [-0.4, -0.2) is 66.5 Å². The summed E-state index contributed by atoms with van der Waals surface area (Å²) >= 11 is 1.49. The van der Waals surface area contributed by atoms with E-state index in [4.69, 9.17) is 0 Å². The number of hydrogen-bond acceptors (Lipinski definition) is 5. The first-order valence-corrected chi connectivity index (χ1v) is 8.98. The fourth-order valence-corrected chi connectivity index (χ4v) is 3.58. The molecule has 6 heteroatoms. The van der Waals surface area contributed by atoms with Gasteiger partial charge in [0.1, 0.15) is 4.88 Å². The number of carbonyl (C=O) groups excluding carboxylic acids is 1. The summed E-state index contributed by atoms with van der Waals surface area (Å²) in [5.41, 5.74) is 0. The van der Waals surface area contributed by atoms with Gasteiger partial charge in [-0.2, -0.15) is 0 Å². The largest absolute Gasteiger partial charge is 0.350 e. The highest BCUT2D eigenvalue weighted by atomic mass is 32.1. The number of piperazine rings is 1. The second-order valence-corrected chi connectivity index (χ2v) is 7.45. The van der Waals surface area contributed by atoms with Crippen molar-refractivity contribution in [2.24, 2.45) is 5.92 Å². The molecule has 1 N–H and O–H groups in total. The molecule has 22 heavy (non-hydrogen) atoms. The van der Waals surface area contributed by atoms with Gasteiger partial charge in [-0.25, -0.2) is 4.98 Å². The Morgan fingerprint density at radius 3 is 2.59 bits per heavy atom. The van der Waals surface area contributed by atoms with Gasteiger partial charge in [0.15, 0.2) is 0 Å². The van der Waals surface area contributed by atoms with E-state index < -0.39 is 0 Å². The maximum absolute atomic E-state index is 12.3. The monoisotopic (exact) mass is 324 g/mol. The summed E-state index contributed by atoms with van der Waals surface area (Å²) in [4.78, 5) is 22.1. The van der Waals surface area contributed by atoms with Gasteiger partial charge in [-0.05, 0) is 19.4 Å². The number of hydrogen-bond donors (Lipinski definition) is 1. The third-order valence-electron chi connectivity index (χ3n) is 4.33. The van der Waals surface area contributed by atoms with Crippen LogP contribution in [0, 0.1) is 5.92 Å². The summed E-state index contributed by atoms with van der Waals surface area (Å²) in [5, 5.41) is 4.12. The van der Waals surface area contributed by atoms with Crippen LogP contribution in [0.15, 0.2) is 6.20 Å².